The van der Waals surface area contributed by atoms with Gasteiger partial charge in [-0.2, -0.15) is 0 Å². The van der Waals surface area contributed by atoms with E-state index < -0.39 is 0 Å². The van der Waals surface area contributed by atoms with E-state index >= 15 is 0 Å². The summed E-state index contributed by atoms with van der Waals surface area (Å²) in [7, 11) is 0. The minimum absolute atomic E-state index is 0.0339. The van der Waals surface area contributed by atoms with Gasteiger partial charge in [0.1, 0.15) is 0 Å². The summed E-state index contributed by atoms with van der Waals surface area (Å²) in [5.41, 5.74) is 9.68. The maximum absolute atomic E-state index is 11.7. The first-order chi connectivity index (χ1) is 9.16. The molecule has 0 radical (unpaired) electrons. The highest BCUT2D eigenvalue weighted by atomic mass is 16.2. The van der Waals surface area contributed by atoms with Gasteiger partial charge in [0.25, 0.3) is 0 Å². The van der Waals surface area contributed by atoms with E-state index in [0.29, 0.717) is 6.54 Å². The average Bonchev–Trinajstić information content (AvgIpc) is 2.74. The van der Waals surface area contributed by atoms with Gasteiger partial charge in [-0.25, -0.2) is 0 Å². The van der Waals surface area contributed by atoms with Crippen molar-refractivity contribution < 1.29 is 4.79 Å². The summed E-state index contributed by atoms with van der Waals surface area (Å²) in [6.07, 6.45) is 6.21. The van der Waals surface area contributed by atoms with E-state index in [2.05, 4.69) is 23.5 Å². The Morgan fingerprint density at radius 3 is 2.74 bits per heavy atom. The Balaban J connectivity index is 2.00. The number of nitrogens with one attached hydrogen (secondary N) is 1. The van der Waals surface area contributed by atoms with E-state index in [4.69, 9.17) is 5.73 Å². The summed E-state index contributed by atoms with van der Waals surface area (Å²) in [6, 6.07) is 6.43. The second-order valence-electron chi connectivity index (χ2n) is 6.06. The zero-order chi connectivity index (χ0) is 13.5. The lowest BCUT2D eigenvalue weighted by molar-refractivity contribution is -0.116. The van der Waals surface area contributed by atoms with Crippen LogP contribution in [0.15, 0.2) is 18.2 Å². The molecule has 1 fully saturated rings. The molecule has 1 saturated carbocycles. The largest absolute Gasteiger partial charge is 0.330 e. The van der Waals surface area contributed by atoms with Crippen LogP contribution in [0.1, 0.15) is 56.1 Å². The number of nitrogens with two attached hydrogens (primary N) is 1. The molecule has 1 unspecified atom stereocenters. The van der Waals surface area contributed by atoms with Crippen LogP contribution < -0.4 is 11.1 Å². The summed E-state index contributed by atoms with van der Waals surface area (Å²) in [5, 5.41) is 2.94. The summed E-state index contributed by atoms with van der Waals surface area (Å²) in [5.74, 6) is 0.0750. The molecule has 3 rings (SSSR count). The third-order valence-corrected chi connectivity index (χ3v) is 4.98. The number of carbonyl (C=O) groups is 1. The quantitative estimate of drug-likeness (QED) is 0.857. The molecule has 1 aliphatic carbocycles. The van der Waals surface area contributed by atoms with Crippen LogP contribution in [-0.4, -0.2) is 12.5 Å². The van der Waals surface area contributed by atoms with Crippen molar-refractivity contribution in [2.75, 3.05) is 11.9 Å². The van der Waals surface area contributed by atoms with Gasteiger partial charge in [0.05, 0.1) is 5.92 Å². The lowest BCUT2D eigenvalue weighted by Gasteiger charge is -2.37. The molecule has 19 heavy (non-hydrogen) atoms. The van der Waals surface area contributed by atoms with Crippen molar-refractivity contribution in [3.8, 4) is 0 Å². The molecule has 1 aromatic carbocycles. The van der Waals surface area contributed by atoms with E-state index in [0.717, 1.165) is 11.3 Å². The van der Waals surface area contributed by atoms with Crippen molar-refractivity contribution in [2.45, 2.75) is 50.4 Å². The van der Waals surface area contributed by atoms with Crippen LogP contribution in [0.3, 0.4) is 0 Å². The third kappa shape index (κ3) is 1.96. The molecular formula is C16H22N2O. The predicted molar refractivity (Wildman–Crippen MR) is 77.3 cm³/mol. The summed E-state index contributed by atoms with van der Waals surface area (Å²) < 4.78 is 0. The highest BCUT2D eigenvalue weighted by molar-refractivity contribution is 6.02. The van der Waals surface area contributed by atoms with Gasteiger partial charge >= 0.3 is 0 Å². The Hall–Kier alpha value is -1.35. The van der Waals surface area contributed by atoms with Gasteiger partial charge in [0.15, 0.2) is 0 Å². The van der Waals surface area contributed by atoms with Gasteiger partial charge in [-0.3, -0.25) is 4.79 Å². The third-order valence-electron chi connectivity index (χ3n) is 4.98. The predicted octanol–water partition coefficient (Wildman–Crippen LogP) is 2.90. The lowest BCUT2D eigenvalue weighted by Crippen LogP contribution is -2.37. The molecule has 3 nitrogen and oxygen atoms in total. The molecule has 3 N–H and O–H groups in total. The number of amides is 1. The standard InChI is InChI=1S/C16H22N2O/c1-11-13-9-12(5-6-14(13)18-15(11)19)16(10-17)7-3-2-4-8-16/h5-6,9,11H,2-4,7-8,10,17H2,1H3,(H,18,19). The van der Waals surface area contributed by atoms with Crippen molar-refractivity contribution >= 4 is 11.6 Å². The molecule has 1 aromatic rings. The van der Waals surface area contributed by atoms with Crippen LogP contribution >= 0.6 is 0 Å². The Morgan fingerprint density at radius 1 is 1.32 bits per heavy atom. The van der Waals surface area contributed by atoms with Crippen LogP contribution in [0.25, 0.3) is 0 Å². The van der Waals surface area contributed by atoms with Gasteiger partial charge in [0.2, 0.25) is 5.91 Å². The SMILES string of the molecule is CC1C(=O)Nc2ccc(C3(CN)CCCCC3)cc21. The number of anilines is 1. The Labute approximate surface area is 114 Å². The summed E-state index contributed by atoms with van der Waals surface area (Å²) in [6.45, 7) is 2.68. The number of carbonyl (C=O) groups excluding carboxylic acids is 1. The number of hydrogen-bond acceptors (Lipinski definition) is 2. The molecule has 0 aromatic heterocycles. The monoisotopic (exact) mass is 258 g/mol. The van der Waals surface area contributed by atoms with Crippen molar-refractivity contribution in [2.24, 2.45) is 5.73 Å². The maximum Gasteiger partial charge on any atom is 0.231 e. The zero-order valence-electron chi connectivity index (χ0n) is 11.5. The fourth-order valence-corrected chi connectivity index (χ4v) is 3.59. The van der Waals surface area contributed by atoms with Crippen LogP contribution in [0, 0.1) is 0 Å². The fourth-order valence-electron chi connectivity index (χ4n) is 3.59. The molecule has 1 atom stereocenters. The number of rotatable bonds is 2. The molecule has 102 valence electrons. The average molecular weight is 258 g/mol. The van der Waals surface area contributed by atoms with Gasteiger partial charge in [0, 0.05) is 17.6 Å². The maximum atomic E-state index is 11.7. The van der Waals surface area contributed by atoms with E-state index in [1.165, 1.54) is 37.7 Å². The van der Waals surface area contributed by atoms with Crippen LogP contribution in [0.4, 0.5) is 5.69 Å². The fraction of sp³-hybridized carbons (Fsp3) is 0.562. The normalized spacial score (nSPS) is 24.9. The number of benzene rings is 1. The molecule has 1 heterocycles. The molecular weight excluding hydrogens is 236 g/mol. The molecule has 0 spiro atoms. The second-order valence-corrected chi connectivity index (χ2v) is 6.06. The van der Waals surface area contributed by atoms with E-state index in [1.807, 2.05) is 6.92 Å². The van der Waals surface area contributed by atoms with Gasteiger partial charge in [-0.05, 0) is 37.0 Å². The minimum Gasteiger partial charge on any atom is -0.330 e. The summed E-state index contributed by atoms with van der Waals surface area (Å²) >= 11 is 0. The molecule has 3 heteroatoms. The minimum atomic E-state index is -0.0339. The van der Waals surface area contributed by atoms with Gasteiger partial charge in [-0.15, -0.1) is 0 Å². The summed E-state index contributed by atoms with van der Waals surface area (Å²) in [4.78, 5) is 11.7. The van der Waals surface area contributed by atoms with E-state index in [9.17, 15) is 4.79 Å². The van der Waals surface area contributed by atoms with Crippen molar-refractivity contribution in [1.82, 2.24) is 0 Å². The molecule has 0 bridgehead atoms. The highest BCUT2D eigenvalue weighted by Gasteiger charge is 2.35. The lowest BCUT2D eigenvalue weighted by atomic mass is 9.69. The molecule has 2 aliphatic rings. The van der Waals surface area contributed by atoms with Gasteiger partial charge < -0.3 is 11.1 Å². The Kier molecular flexibility index (Phi) is 3.09. The van der Waals surface area contributed by atoms with Crippen LogP contribution in [0.2, 0.25) is 0 Å². The second kappa shape index (κ2) is 4.64. The van der Waals surface area contributed by atoms with Crippen LogP contribution in [-0.2, 0) is 10.2 Å². The molecule has 1 amide bonds. The van der Waals surface area contributed by atoms with E-state index in [1.54, 1.807) is 0 Å². The van der Waals surface area contributed by atoms with Gasteiger partial charge in [-0.1, -0.05) is 31.4 Å². The first-order valence-electron chi connectivity index (χ1n) is 7.32. The zero-order valence-corrected chi connectivity index (χ0v) is 11.5. The van der Waals surface area contributed by atoms with Crippen molar-refractivity contribution in [3.05, 3.63) is 29.3 Å². The molecule has 1 aliphatic heterocycles. The Bertz CT molecular complexity index is 503. The Morgan fingerprint density at radius 2 is 2.05 bits per heavy atom. The first kappa shape index (κ1) is 12.7. The van der Waals surface area contributed by atoms with Crippen molar-refractivity contribution in [3.63, 3.8) is 0 Å². The smallest absolute Gasteiger partial charge is 0.231 e. The number of hydrogen-bond donors (Lipinski definition) is 2. The number of fused-ring (bicyclic) bond motifs is 1. The first-order valence-corrected chi connectivity index (χ1v) is 7.32. The van der Waals surface area contributed by atoms with E-state index in [-0.39, 0.29) is 17.2 Å². The molecule has 0 saturated heterocycles. The highest BCUT2D eigenvalue weighted by Crippen LogP contribution is 2.42. The van der Waals surface area contributed by atoms with Crippen molar-refractivity contribution in [1.29, 1.82) is 0 Å². The van der Waals surface area contributed by atoms with Crippen LogP contribution in [0.5, 0.6) is 0 Å². The topological polar surface area (TPSA) is 55.1 Å².